The fourth-order valence-electron chi connectivity index (χ4n) is 3.06. The van der Waals surface area contributed by atoms with Crippen LogP contribution in [0.25, 0.3) is 10.2 Å². The lowest BCUT2D eigenvalue weighted by Crippen LogP contribution is -2.41. The molecule has 132 valence electrons. The van der Waals surface area contributed by atoms with E-state index in [0.29, 0.717) is 19.0 Å². The average molecular weight is 358 g/mol. The van der Waals surface area contributed by atoms with Crippen molar-refractivity contribution in [2.24, 2.45) is 5.92 Å². The fourth-order valence-corrected chi connectivity index (χ4v) is 4.00. The van der Waals surface area contributed by atoms with E-state index in [1.807, 2.05) is 0 Å². The molecule has 0 aromatic carbocycles. The number of aryl methyl sites for hydroxylation is 1. The predicted molar refractivity (Wildman–Crippen MR) is 90.5 cm³/mol. The molecule has 1 saturated heterocycles. The highest BCUT2D eigenvalue weighted by molar-refractivity contribution is 7.18. The molecular formula is C16H21F3N4S. The Labute approximate surface area is 143 Å². The van der Waals surface area contributed by atoms with Crippen LogP contribution in [0.2, 0.25) is 0 Å². The van der Waals surface area contributed by atoms with Crippen LogP contribution in [0.15, 0.2) is 12.4 Å². The Bertz CT molecular complexity index is 678. The van der Waals surface area contributed by atoms with Gasteiger partial charge >= 0.3 is 6.18 Å². The number of hydrogen-bond donors (Lipinski definition) is 1. The molecule has 0 bridgehead atoms. The smallest absolute Gasteiger partial charge is 0.369 e. The second-order valence-electron chi connectivity index (χ2n) is 6.22. The highest BCUT2D eigenvalue weighted by atomic mass is 32.1. The van der Waals surface area contributed by atoms with Crippen LogP contribution >= 0.6 is 11.3 Å². The van der Waals surface area contributed by atoms with E-state index in [1.165, 1.54) is 9.78 Å². The maximum atomic E-state index is 12.4. The van der Waals surface area contributed by atoms with Crippen LogP contribution in [0.3, 0.4) is 0 Å². The molecule has 0 spiro atoms. The van der Waals surface area contributed by atoms with Gasteiger partial charge in [-0.15, -0.1) is 11.3 Å². The van der Waals surface area contributed by atoms with Gasteiger partial charge in [0.25, 0.3) is 0 Å². The van der Waals surface area contributed by atoms with Crippen LogP contribution < -0.4 is 5.32 Å². The standard InChI is InChI=1S/C16H21F3N4S/c1-2-12-7-13-14(21-10-22-15(13)24-12)20-8-11-3-5-23(6-4-11)9-16(17,18)19/h7,10-11H,2-6,8-9H2,1H3,(H,20,21,22). The van der Waals surface area contributed by atoms with E-state index in [-0.39, 0.29) is 0 Å². The number of aromatic nitrogens is 2. The Balaban J connectivity index is 1.55. The Morgan fingerprint density at radius 1 is 1.29 bits per heavy atom. The zero-order chi connectivity index (χ0) is 17.2. The number of fused-ring (bicyclic) bond motifs is 1. The highest BCUT2D eigenvalue weighted by Crippen LogP contribution is 2.29. The molecular weight excluding hydrogens is 337 g/mol. The number of anilines is 1. The molecule has 4 nitrogen and oxygen atoms in total. The summed E-state index contributed by atoms with van der Waals surface area (Å²) >= 11 is 1.67. The summed E-state index contributed by atoms with van der Waals surface area (Å²) in [6, 6.07) is 2.12. The SMILES string of the molecule is CCc1cc2c(NCC3CCN(CC(F)(F)F)CC3)ncnc2s1. The van der Waals surface area contributed by atoms with Crippen LogP contribution in [0, 0.1) is 5.92 Å². The van der Waals surface area contributed by atoms with Gasteiger partial charge in [0.15, 0.2) is 0 Å². The van der Waals surface area contributed by atoms with Crippen LogP contribution in [0.5, 0.6) is 0 Å². The van der Waals surface area contributed by atoms with Crippen molar-refractivity contribution in [2.45, 2.75) is 32.4 Å². The normalized spacial score (nSPS) is 17.5. The van der Waals surface area contributed by atoms with Gasteiger partial charge < -0.3 is 5.32 Å². The maximum Gasteiger partial charge on any atom is 0.401 e. The number of nitrogens with one attached hydrogen (secondary N) is 1. The molecule has 0 aliphatic carbocycles. The van der Waals surface area contributed by atoms with Gasteiger partial charge in [0.1, 0.15) is 17.0 Å². The molecule has 3 heterocycles. The fraction of sp³-hybridized carbons (Fsp3) is 0.625. The van der Waals surface area contributed by atoms with Crippen LogP contribution in [0.4, 0.5) is 19.0 Å². The minimum atomic E-state index is -4.10. The number of hydrogen-bond acceptors (Lipinski definition) is 5. The Morgan fingerprint density at radius 2 is 2.04 bits per heavy atom. The summed E-state index contributed by atoms with van der Waals surface area (Å²) < 4.78 is 37.3. The molecule has 0 atom stereocenters. The maximum absolute atomic E-state index is 12.4. The van der Waals surface area contributed by atoms with E-state index < -0.39 is 12.7 Å². The molecule has 3 rings (SSSR count). The number of piperidine rings is 1. The molecule has 8 heteroatoms. The van der Waals surface area contributed by atoms with Crippen molar-refractivity contribution in [3.8, 4) is 0 Å². The van der Waals surface area contributed by atoms with Crippen LogP contribution in [-0.2, 0) is 6.42 Å². The topological polar surface area (TPSA) is 41.0 Å². The monoisotopic (exact) mass is 358 g/mol. The minimum absolute atomic E-state index is 0.379. The quantitative estimate of drug-likeness (QED) is 0.879. The lowest BCUT2D eigenvalue weighted by Gasteiger charge is -2.32. The minimum Gasteiger partial charge on any atom is -0.369 e. The van der Waals surface area contributed by atoms with Gasteiger partial charge in [-0.05, 0) is 44.3 Å². The van der Waals surface area contributed by atoms with Crippen molar-refractivity contribution in [1.82, 2.24) is 14.9 Å². The Kier molecular flexibility index (Phi) is 5.24. The summed E-state index contributed by atoms with van der Waals surface area (Å²) in [5.41, 5.74) is 0. The molecule has 1 aliphatic rings. The van der Waals surface area contributed by atoms with Crippen molar-refractivity contribution in [2.75, 3.05) is 31.5 Å². The van der Waals surface area contributed by atoms with Gasteiger partial charge in [-0.3, -0.25) is 4.90 Å². The lowest BCUT2D eigenvalue weighted by atomic mass is 9.97. The summed E-state index contributed by atoms with van der Waals surface area (Å²) in [5.74, 6) is 1.21. The van der Waals surface area contributed by atoms with E-state index >= 15 is 0 Å². The summed E-state index contributed by atoms with van der Waals surface area (Å²) in [4.78, 5) is 12.4. The van der Waals surface area contributed by atoms with Crippen LogP contribution in [0.1, 0.15) is 24.6 Å². The second kappa shape index (κ2) is 7.23. The zero-order valence-electron chi connectivity index (χ0n) is 13.6. The van der Waals surface area contributed by atoms with Crippen molar-refractivity contribution in [3.05, 3.63) is 17.3 Å². The van der Waals surface area contributed by atoms with Gasteiger partial charge in [0.2, 0.25) is 0 Å². The summed E-state index contributed by atoms with van der Waals surface area (Å²) in [5, 5.41) is 4.41. The van der Waals surface area contributed by atoms with E-state index in [1.54, 1.807) is 17.7 Å². The average Bonchev–Trinajstić information content (AvgIpc) is 2.96. The van der Waals surface area contributed by atoms with Gasteiger partial charge in [0.05, 0.1) is 11.9 Å². The van der Waals surface area contributed by atoms with Gasteiger partial charge in [0, 0.05) is 11.4 Å². The largest absolute Gasteiger partial charge is 0.401 e. The Hall–Kier alpha value is -1.41. The van der Waals surface area contributed by atoms with E-state index in [2.05, 4.69) is 28.3 Å². The first-order valence-corrected chi connectivity index (χ1v) is 9.02. The third kappa shape index (κ3) is 4.36. The zero-order valence-corrected chi connectivity index (χ0v) is 14.4. The molecule has 1 aliphatic heterocycles. The van der Waals surface area contributed by atoms with Gasteiger partial charge in [-0.1, -0.05) is 6.92 Å². The van der Waals surface area contributed by atoms with Gasteiger partial charge in [-0.2, -0.15) is 13.2 Å². The first kappa shape index (κ1) is 17.4. The Morgan fingerprint density at radius 3 is 2.71 bits per heavy atom. The molecule has 0 unspecified atom stereocenters. The first-order valence-electron chi connectivity index (χ1n) is 8.21. The van der Waals surface area contributed by atoms with E-state index in [4.69, 9.17) is 0 Å². The second-order valence-corrected chi connectivity index (χ2v) is 7.34. The number of nitrogens with zero attached hydrogens (tertiary/aromatic N) is 3. The third-order valence-electron chi connectivity index (χ3n) is 4.40. The number of alkyl halides is 3. The molecule has 24 heavy (non-hydrogen) atoms. The van der Waals surface area contributed by atoms with E-state index in [0.717, 1.165) is 41.8 Å². The molecule has 1 fully saturated rings. The van der Waals surface area contributed by atoms with Crippen molar-refractivity contribution < 1.29 is 13.2 Å². The first-order chi connectivity index (χ1) is 11.4. The molecule has 0 radical (unpaired) electrons. The molecule has 2 aromatic rings. The number of likely N-dealkylation sites (tertiary alicyclic amines) is 1. The molecule has 1 N–H and O–H groups in total. The van der Waals surface area contributed by atoms with Crippen LogP contribution in [-0.4, -0.2) is 47.2 Å². The van der Waals surface area contributed by atoms with Crippen molar-refractivity contribution >= 4 is 27.4 Å². The molecule has 2 aromatic heterocycles. The van der Waals surface area contributed by atoms with Gasteiger partial charge in [-0.25, -0.2) is 9.97 Å². The van der Waals surface area contributed by atoms with Crippen molar-refractivity contribution in [3.63, 3.8) is 0 Å². The van der Waals surface area contributed by atoms with E-state index in [9.17, 15) is 13.2 Å². The molecule has 0 saturated carbocycles. The lowest BCUT2D eigenvalue weighted by molar-refractivity contribution is -0.148. The number of thiophene rings is 1. The summed E-state index contributed by atoms with van der Waals surface area (Å²) in [7, 11) is 0. The highest BCUT2D eigenvalue weighted by Gasteiger charge is 2.32. The number of rotatable bonds is 5. The summed E-state index contributed by atoms with van der Waals surface area (Å²) in [6.45, 7) is 3.06. The predicted octanol–water partition coefficient (Wildman–Crippen LogP) is 3.94. The molecule has 0 amide bonds. The van der Waals surface area contributed by atoms with Crippen molar-refractivity contribution in [1.29, 1.82) is 0 Å². The third-order valence-corrected chi connectivity index (χ3v) is 5.58. The summed E-state index contributed by atoms with van der Waals surface area (Å²) in [6.07, 6.45) is -0.0133. The number of halogens is 3.